The van der Waals surface area contributed by atoms with Gasteiger partial charge in [-0.05, 0) is 62.9 Å². The summed E-state index contributed by atoms with van der Waals surface area (Å²) in [5.74, 6) is 0.241. The van der Waals surface area contributed by atoms with Gasteiger partial charge in [-0.25, -0.2) is 0 Å². The maximum Gasteiger partial charge on any atom is 0.261 e. The minimum Gasteiger partial charge on any atom is -0.484 e. The van der Waals surface area contributed by atoms with Crippen molar-refractivity contribution in [3.63, 3.8) is 0 Å². The fourth-order valence-electron chi connectivity index (χ4n) is 3.05. The number of amides is 2. The molecule has 2 aromatic carbocycles. The van der Waals surface area contributed by atoms with Crippen LogP contribution in [0.15, 0.2) is 46.9 Å². The number of hydrogen-bond donors (Lipinski definition) is 1. The quantitative estimate of drug-likeness (QED) is 0.568. The van der Waals surface area contributed by atoms with E-state index in [2.05, 4.69) is 21.2 Å². The van der Waals surface area contributed by atoms with E-state index in [1.807, 2.05) is 70.2 Å². The van der Waals surface area contributed by atoms with E-state index in [1.54, 1.807) is 11.8 Å². The summed E-state index contributed by atoms with van der Waals surface area (Å²) in [6.07, 6.45) is 0.830. The molecule has 0 saturated carbocycles. The van der Waals surface area contributed by atoms with Crippen molar-refractivity contribution in [2.24, 2.45) is 0 Å². The third-order valence-corrected chi connectivity index (χ3v) is 6.39. The molecule has 30 heavy (non-hydrogen) atoms. The Morgan fingerprint density at radius 1 is 1.10 bits per heavy atom. The summed E-state index contributed by atoms with van der Waals surface area (Å²) < 4.78 is 6.82. The molecule has 2 aromatic rings. The van der Waals surface area contributed by atoms with Gasteiger partial charge in [-0.2, -0.15) is 0 Å². The zero-order valence-electron chi connectivity index (χ0n) is 18.4. The maximum absolute atomic E-state index is 13.1. The molecule has 0 saturated heterocycles. The van der Waals surface area contributed by atoms with E-state index in [9.17, 15) is 9.59 Å². The molecule has 2 amide bonds. The number of hydrogen-bond acceptors (Lipinski definition) is 3. The number of ether oxygens (including phenoxy) is 1. The van der Waals surface area contributed by atoms with Crippen LogP contribution in [0.2, 0.25) is 0 Å². The second-order valence-corrected chi connectivity index (χ2v) is 8.45. The van der Waals surface area contributed by atoms with Crippen LogP contribution in [0, 0.1) is 13.8 Å². The first kappa shape index (κ1) is 23.9. The molecule has 0 aliphatic heterocycles. The molecule has 6 heteroatoms. The molecule has 0 aliphatic carbocycles. The van der Waals surface area contributed by atoms with E-state index in [4.69, 9.17) is 4.74 Å². The minimum absolute atomic E-state index is 0.0543. The van der Waals surface area contributed by atoms with E-state index in [-0.39, 0.29) is 24.5 Å². The van der Waals surface area contributed by atoms with Crippen LogP contribution in [-0.2, 0) is 16.1 Å². The minimum atomic E-state index is -0.608. The van der Waals surface area contributed by atoms with E-state index in [0.717, 1.165) is 27.6 Å². The lowest BCUT2D eigenvalue weighted by molar-refractivity contribution is -0.142. The lowest BCUT2D eigenvalue weighted by Crippen LogP contribution is -2.50. The Balaban J connectivity index is 2.16. The van der Waals surface area contributed by atoms with Gasteiger partial charge in [0.25, 0.3) is 5.91 Å². The highest BCUT2D eigenvalue weighted by atomic mass is 79.9. The molecule has 2 atom stereocenters. The second-order valence-electron chi connectivity index (χ2n) is 7.66. The van der Waals surface area contributed by atoms with Crippen molar-refractivity contribution in [1.29, 1.82) is 0 Å². The Bertz CT molecular complexity index is 847. The average molecular weight is 475 g/mol. The van der Waals surface area contributed by atoms with Gasteiger partial charge >= 0.3 is 0 Å². The van der Waals surface area contributed by atoms with Crippen LogP contribution < -0.4 is 10.1 Å². The molecular weight excluding hydrogens is 444 g/mol. The molecule has 0 heterocycles. The lowest BCUT2D eigenvalue weighted by Gasteiger charge is -2.29. The van der Waals surface area contributed by atoms with Crippen molar-refractivity contribution in [2.75, 3.05) is 6.61 Å². The summed E-state index contributed by atoms with van der Waals surface area (Å²) in [5.41, 5.74) is 3.05. The number of benzene rings is 2. The summed E-state index contributed by atoms with van der Waals surface area (Å²) >= 11 is 3.54. The zero-order chi connectivity index (χ0) is 22.3. The molecule has 2 unspecified atom stereocenters. The van der Waals surface area contributed by atoms with Gasteiger partial charge in [-0.3, -0.25) is 9.59 Å². The smallest absolute Gasteiger partial charge is 0.261 e. The first-order valence-electron chi connectivity index (χ1n) is 10.3. The van der Waals surface area contributed by atoms with Crippen LogP contribution in [0.25, 0.3) is 0 Å². The molecule has 0 spiro atoms. The summed E-state index contributed by atoms with van der Waals surface area (Å²) in [6.45, 7) is 9.90. The number of carbonyl (C=O) groups excluding carboxylic acids is 2. The highest BCUT2D eigenvalue weighted by Gasteiger charge is 2.27. The topological polar surface area (TPSA) is 58.6 Å². The Hall–Kier alpha value is -2.34. The molecule has 2 rings (SSSR count). The number of carbonyl (C=O) groups is 2. The van der Waals surface area contributed by atoms with Gasteiger partial charge in [-0.15, -0.1) is 0 Å². The van der Waals surface area contributed by atoms with Crippen molar-refractivity contribution in [3.8, 4) is 5.75 Å². The van der Waals surface area contributed by atoms with Crippen LogP contribution in [0.3, 0.4) is 0 Å². The molecule has 0 bridgehead atoms. The summed E-state index contributed by atoms with van der Waals surface area (Å²) in [7, 11) is 0. The van der Waals surface area contributed by atoms with Crippen molar-refractivity contribution in [1.82, 2.24) is 10.2 Å². The molecule has 5 nitrogen and oxygen atoms in total. The van der Waals surface area contributed by atoms with Crippen molar-refractivity contribution < 1.29 is 14.3 Å². The van der Waals surface area contributed by atoms with E-state index < -0.39 is 6.04 Å². The van der Waals surface area contributed by atoms with Crippen molar-refractivity contribution in [3.05, 3.63) is 63.6 Å². The largest absolute Gasteiger partial charge is 0.484 e. The number of rotatable bonds is 9. The average Bonchev–Trinajstić information content (AvgIpc) is 2.74. The molecule has 0 radical (unpaired) electrons. The van der Waals surface area contributed by atoms with E-state index in [0.29, 0.717) is 12.3 Å². The Labute approximate surface area is 187 Å². The first-order chi connectivity index (χ1) is 14.2. The van der Waals surface area contributed by atoms with Crippen LogP contribution in [0.1, 0.15) is 43.9 Å². The van der Waals surface area contributed by atoms with Gasteiger partial charge in [0.1, 0.15) is 11.8 Å². The fraction of sp³-hybridized carbons (Fsp3) is 0.417. The van der Waals surface area contributed by atoms with Crippen molar-refractivity contribution in [2.45, 2.75) is 59.7 Å². The van der Waals surface area contributed by atoms with Gasteiger partial charge < -0.3 is 15.0 Å². The first-order valence-corrected chi connectivity index (χ1v) is 11.1. The Morgan fingerprint density at radius 3 is 2.27 bits per heavy atom. The van der Waals surface area contributed by atoms with Gasteiger partial charge in [0, 0.05) is 17.1 Å². The predicted molar refractivity (Wildman–Crippen MR) is 123 cm³/mol. The molecular formula is C24H31BrN2O3. The molecule has 1 N–H and O–H groups in total. The van der Waals surface area contributed by atoms with E-state index in [1.165, 1.54) is 0 Å². The highest BCUT2D eigenvalue weighted by molar-refractivity contribution is 9.10. The summed E-state index contributed by atoms with van der Waals surface area (Å²) in [4.78, 5) is 27.3. The lowest BCUT2D eigenvalue weighted by atomic mass is 10.1. The summed E-state index contributed by atoms with van der Waals surface area (Å²) in [5, 5.41) is 2.97. The SMILES string of the molecule is CCC(C)NC(=O)C(C)N(Cc1ccccc1)C(=O)COc1cc(C)c(Br)c(C)c1. The number of aryl methyl sites for hydroxylation is 2. The van der Waals surface area contributed by atoms with Crippen molar-refractivity contribution >= 4 is 27.7 Å². The van der Waals surface area contributed by atoms with Gasteiger partial charge in [0.2, 0.25) is 5.91 Å². The maximum atomic E-state index is 13.1. The number of nitrogens with one attached hydrogen (secondary N) is 1. The van der Waals surface area contributed by atoms with Crippen LogP contribution in [0.5, 0.6) is 5.75 Å². The van der Waals surface area contributed by atoms with Crippen LogP contribution in [0.4, 0.5) is 0 Å². The predicted octanol–water partition coefficient (Wildman–Crippen LogP) is 4.78. The monoisotopic (exact) mass is 474 g/mol. The fourth-order valence-corrected chi connectivity index (χ4v) is 3.27. The number of nitrogens with zero attached hydrogens (tertiary/aromatic N) is 1. The van der Waals surface area contributed by atoms with Crippen LogP contribution >= 0.6 is 15.9 Å². The van der Waals surface area contributed by atoms with Gasteiger partial charge in [0.05, 0.1) is 0 Å². The zero-order valence-corrected chi connectivity index (χ0v) is 20.0. The van der Waals surface area contributed by atoms with Gasteiger partial charge in [-0.1, -0.05) is 53.2 Å². The molecule has 162 valence electrons. The Morgan fingerprint density at radius 2 is 1.70 bits per heavy atom. The summed E-state index contributed by atoms with van der Waals surface area (Å²) in [6, 6.07) is 12.9. The van der Waals surface area contributed by atoms with Gasteiger partial charge in [0.15, 0.2) is 6.61 Å². The Kier molecular flexibility index (Phi) is 8.90. The van der Waals surface area contributed by atoms with E-state index >= 15 is 0 Å². The second kappa shape index (κ2) is 11.2. The molecule has 0 aromatic heterocycles. The third-order valence-electron chi connectivity index (χ3n) is 5.14. The molecule has 0 aliphatic rings. The molecule has 0 fully saturated rings. The van der Waals surface area contributed by atoms with Crippen LogP contribution in [-0.4, -0.2) is 35.4 Å². The number of halogens is 1. The third kappa shape index (κ3) is 6.59. The standard InChI is InChI=1S/C24H31BrN2O3/c1-6-18(4)26-24(29)19(5)27(14-20-10-8-7-9-11-20)22(28)15-30-21-12-16(2)23(25)17(3)13-21/h7-13,18-19H,6,14-15H2,1-5H3,(H,26,29). The highest BCUT2D eigenvalue weighted by Crippen LogP contribution is 2.26. The normalized spacial score (nSPS) is 12.7.